The monoisotopic (exact) mass is 387 g/mol. The number of para-hydroxylation sites is 1. The molecule has 148 valence electrons. The summed E-state index contributed by atoms with van der Waals surface area (Å²) < 4.78 is 0. The van der Waals surface area contributed by atoms with Crippen LogP contribution in [-0.2, 0) is 4.79 Å². The van der Waals surface area contributed by atoms with Crippen LogP contribution < -0.4 is 5.32 Å². The number of carbonyl (C=O) groups excluding carboxylic acids is 2. The molecule has 29 heavy (non-hydrogen) atoms. The summed E-state index contributed by atoms with van der Waals surface area (Å²) in [6, 6.07) is 15.0. The molecule has 0 saturated heterocycles. The van der Waals surface area contributed by atoms with Crippen LogP contribution in [0.1, 0.15) is 34.8 Å². The number of carbonyl (C=O) groups is 2. The van der Waals surface area contributed by atoms with Gasteiger partial charge in [-0.2, -0.15) is 0 Å². The maximum Gasteiger partial charge on any atom is 0.251 e. The van der Waals surface area contributed by atoms with Crippen molar-refractivity contribution in [1.82, 2.24) is 15.2 Å². The van der Waals surface area contributed by atoms with E-state index < -0.39 is 6.04 Å². The van der Waals surface area contributed by atoms with Crippen LogP contribution >= 0.6 is 0 Å². The zero-order chi connectivity index (χ0) is 20.4. The van der Waals surface area contributed by atoms with Gasteiger partial charge in [-0.1, -0.05) is 42.0 Å². The normalized spacial score (nSPS) is 15.1. The van der Waals surface area contributed by atoms with E-state index in [4.69, 9.17) is 0 Å². The molecule has 0 aliphatic carbocycles. The highest BCUT2D eigenvalue weighted by Crippen LogP contribution is 2.29. The third-order valence-electron chi connectivity index (χ3n) is 5.45. The Morgan fingerprint density at radius 1 is 1.14 bits per heavy atom. The van der Waals surface area contributed by atoms with E-state index in [2.05, 4.69) is 28.5 Å². The first-order chi connectivity index (χ1) is 14.0. The lowest BCUT2D eigenvalue weighted by Gasteiger charge is -2.29. The highest BCUT2D eigenvalue weighted by molar-refractivity contribution is 5.98. The van der Waals surface area contributed by atoms with E-state index in [-0.39, 0.29) is 11.8 Å². The summed E-state index contributed by atoms with van der Waals surface area (Å²) in [5.74, 6) is -0.276. The number of nitrogens with one attached hydrogen (secondary N) is 2. The van der Waals surface area contributed by atoms with Gasteiger partial charge in [0.1, 0.15) is 6.04 Å². The number of hydrogen-bond acceptors (Lipinski definition) is 2. The Morgan fingerprint density at radius 3 is 2.72 bits per heavy atom. The van der Waals surface area contributed by atoms with E-state index in [1.54, 1.807) is 17.9 Å². The Bertz CT molecular complexity index is 1100. The van der Waals surface area contributed by atoms with Crippen LogP contribution in [-0.4, -0.2) is 40.8 Å². The van der Waals surface area contributed by atoms with Gasteiger partial charge < -0.3 is 15.2 Å². The third-order valence-corrected chi connectivity index (χ3v) is 5.45. The number of fused-ring (bicyclic) bond motifs is 1. The Kier molecular flexibility index (Phi) is 5.21. The van der Waals surface area contributed by atoms with Crippen molar-refractivity contribution < 1.29 is 9.59 Å². The number of aromatic nitrogens is 1. The lowest BCUT2D eigenvalue weighted by Crippen LogP contribution is -2.48. The van der Waals surface area contributed by atoms with Gasteiger partial charge in [0.2, 0.25) is 5.91 Å². The largest absolute Gasteiger partial charge is 0.361 e. The summed E-state index contributed by atoms with van der Waals surface area (Å²) >= 11 is 0. The zero-order valence-electron chi connectivity index (χ0n) is 16.7. The Morgan fingerprint density at radius 2 is 1.97 bits per heavy atom. The second-order valence-corrected chi connectivity index (χ2v) is 7.58. The van der Waals surface area contributed by atoms with Gasteiger partial charge in [0.05, 0.1) is 0 Å². The summed E-state index contributed by atoms with van der Waals surface area (Å²) in [6.07, 6.45) is 4.96. The van der Waals surface area contributed by atoms with Gasteiger partial charge in [-0.05, 0) is 44.0 Å². The predicted molar refractivity (Wildman–Crippen MR) is 116 cm³/mol. The fourth-order valence-electron chi connectivity index (χ4n) is 3.85. The summed E-state index contributed by atoms with van der Waals surface area (Å²) in [5, 5.41) is 4.03. The van der Waals surface area contributed by atoms with Crippen LogP contribution in [0.4, 0.5) is 0 Å². The highest BCUT2D eigenvalue weighted by atomic mass is 16.2. The van der Waals surface area contributed by atoms with Gasteiger partial charge in [-0.3, -0.25) is 9.59 Å². The van der Waals surface area contributed by atoms with Crippen molar-refractivity contribution in [2.75, 3.05) is 13.1 Å². The molecule has 2 heterocycles. The van der Waals surface area contributed by atoms with Crippen molar-refractivity contribution in [2.24, 2.45) is 0 Å². The van der Waals surface area contributed by atoms with Crippen molar-refractivity contribution >= 4 is 28.3 Å². The van der Waals surface area contributed by atoms with Gasteiger partial charge in [0, 0.05) is 41.3 Å². The fraction of sp³-hybridized carbons (Fsp3) is 0.250. The van der Waals surface area contributed by atoms with Gasteiger partial charge >= 0.3 is 0 Å². The molecule has 1 unspecified atom stereocenters. The van der Waals surface area contributed by atoms with Crippen LogP contribution in [0.25, 0.3) is 16.5 Å². The lowest BCUT2D eigenvalue weighted by molar-refractivity contribution is -0.132. The van der Waals surface area contributed by atoms with Crippen LogP contribution in [0.2, 0.25) is 0 Å². The van der Waals surface area contributed by atoms with Crippen molar-refractivity contribution in [1.29, 1.82) is 0 Å². The summed E-state index contributed by atoms with van der Waals surface area (Å²) in [7, 11) is 0. The molecule has 1 aromatic heterocycles. The van der Waals surface area contributed by atoms with E-state index in [0.717, 1.165) is 17.5 Å². The molecule has 0 saturated carbocycles. The molecule has 1 atom stereocenters. The topological polar surface area (TPSA) is 65.2 Å². The molecule has 1 aliphatic heterocycles. The minimum absolute atomic E-state index is 0.0553. The van der Waals surface area contributed by atoms with Crippen molar-refractivity contribution in [2.45, 2.75) is 26.3 Å². The van der Waals surface area contributed by atoms with E-state index >= 15 is 0 Å². The molecule has 0 bridgehead atoms. The predicted octanol–water partition coefficient (Wildman–Crippen LogP) is 3.91. The Labute approximate surface area is 170 Å². The van der Waals surface area contributed by atoms with Crippen molar-refractivity contribution in [3.63, 3.8) is 0 Å². The number of rotatable bonds is 4. The quantitative estimate of drug-likeness (QED) is 0.713. The average molecular weight is 387 g/mol. The minimum Gasteiger partial charge on any atom is -0.361 e. The fourth-order valence-corrected chi connectivity index (χ4v) is 3.85. The van der Waals surface area contributed by atoms with Crippen LogP contribution in [0.15, 0.2) is 60.8 Å². The summed E-state index contributed by atoms with van der Waals surface area (Å²) in [5.41, 5.74) is 5.17. The van der Waals surface area contributed by atoms with E-state index in [1.807, 2.05) is 43.5 Å². The lowest BCUT2D eigenvalue weighted by atomic mass is 9.98. The van der Waals surface area contributed by atoms with E-state index in [9.17, 15) is 9.59 Å². The van der Waals surface area contributed by atoms with Gasteiger partial charge in [0.15, 0.2) is 0 Å². The molecule has 2 aromatic carbocycles. The maximum absolute atomic E-state index is 12.8. The second kappa shape index (κ2) is 7.95. The highest BCUT2D eigenvalue weighted by Gasteiger charge is 2.24. The Balaban J connectivity index is 1.41. The van der Waals surface area contributed by atoms with Crippen LogP contribution in [0.5, 0.6) is 0 Å². The molecule has 3 aromatic rings. The molecule has 5 heteroatoms. The first-order valence-electron chi connectivity index (χ1n) is 9.95. The molecule has 2 N–H and O–H groups in total. The molecular formula is C24H25N3O2. The maximum atomic E-state index is 12.8. The number of hydrogen-bond donors (Lipinski definition) is 2. The van der Waals surface area contributed by atoms with Crippen LogP contribution in [0, 0.1) is 6.92 Å². The molecule has 0 fully saturated rings. The second-order valence-electron chi connectivity index (χ2n) is 7.58. The molecular weight excluding hydrogens is 362 g/mol. The van der Waals surface area contributed by atoms with Gasteiger partial charge in [-0.25, -0.2) is 0 Å². The minimum atomic E-state index is -0.564. The number of aryl methyl sites for hydroxylation is 1. The molecule has 5 nitrogen and oxygen atoms in total. The average Bonchev–Trinajstić information content (AvgIpc) is 3.17. The smallest absolute Gasteiger partial charge is 0.251 e. The first-order valence-corrected chi connectivity index (χ1v) is 9.95. The molecule has 2 amide bonds. The number of amides is 2. The molecule has 0 radical (unpaired) electrons. The Hall–Kier alpha value is -3.34. The number of aromatic amines is 1. The first kappa shape index (κ1) is 19.0. The van der Waals surface area contributed by atoms with E-state index in [1.165, 1.54) is 16.5 Å². The standard InChI is InChI=1S/C24H25N3O2/c1-16-6-5-7-19(14-16)23(28)26-17(2)24(29)27-12-10-18(11-13-27)21-15-25-22-9-4-3-8-20(21)22/h3-10,14-15,17,25H,11-13H2,1-2H3,(H,26,28). The van der Waals surface area contributed by atoms with Gasteiger partial charge in [-0.15, -0.1) is 0 Å². The van der Waals surface area contributed by atoms with Crippen molar-refractivity contribution in [3.8, 4) is 0 Å². The SMILES string of the molecule is Cc1cccc(C(=O)NC(C)C(=O)N2CC=C(c3c[nH]c4ccccc34)CC2)c1. The number of benzene rings is 2. The van der Waals surface area contributed by atoms with Gasteiger partial charge in [0.25, 0.3) is 5.91 Å². The van der Waals surface area contributed by atoms with E-state index in [0.29, 0.717) is 18.7 Å². The number of H-pyrrole nitrogens is 1. The van der Waals surface area contributed by atoms with Crippen molar-refractivity contribution in [3.05, 3.63) is 77.5 Å². The molecule has 0 spiro atoms. The number of nitrogens with zero attached hydrogens (tertiary/aromatic N) is 1. The summed E-state index contributed by atoms with van der Waals surface area (Å²) in [6.45, 7) is 4.89. The third kappa shape index (κ3) is 3.94. The molecule has 4 rings (SSSR count). The summed E-state index contributed by atoms with van der Waals surface area (Å²) in [4.78, 5) is 30.4. The van der Waals surface area contributed by atoms with Crippen LogP contribution in [0.3, 0.4) is 0 Å². The molecule has 1 aliphatic rings. The zero-order valence-corrected chi connectivity index (χ0v) is 16.7.